The molecule has 1 unspecified atom stereocenters. The molecule has 2 aromatic carbocycles. The third-order valence-electron chi connectivity index (χ3n) is 3.91. The maximum Gasteiger partial charge on any atom is 0.253 e. The number of aliphatic hydroxyl groups excluding tert-OH is 1. The first-order chi connectivity index (χ1) is 11.5. The second-order valence-corrected chi connectivity index (χ2v) is 5.75. The van der Waals surface area contributed by atoms with Crippen molar-refractivity contribution in [3.05, 3.63) is 59.7 Å². The summed E-state index contributed by atoms with van der Waals surface area (Å²) in [4.78, 5) is 14.0. The minimum Gasteiger partial charge on any atom is -0.454 e. The molecular formula is C18H17F2NO3. The maximum atomic E-state index is 13.6. The molecule has 1 aliphatic heterocycles. The van der Waals surface area contributed by atoms with E-state index < -0.39 is 17.7 Å². The highest BCUT2D eigenvalue weighted by Gasteiger charge is 2.23. The van der Waals surface area contributed by atoms with E-state index in [1.807, 2.05) is 0 Å². The van der Waals surface area contributed by atoms with Gasteiger partial charge >= 0.3 is 0 Å². The van der Waals surface area contributed by atoms with Crippen molar-refractivity contribution < 1.29 is 23.4 Å². The summed E-state index contributed by atoms with van der Waals surface area (Å²) in [6, 6.07) is 9.33. The van der Waals surface area contributed by atoms with Gasteiger partial charge in [0.25, 0.3) is 5.91 Å². The van der Waals surface area contributed by atoms with Gasteiger partial charge in [-0.3, -0.25) is 4.79 Å². The van der Waals surface area contributed by atoms with Crippen molar-refractivity contribution in [2.45, 2.75) is 18.9 Å². The summed E-state index contributed by atoms with van der Waals surface area (Å²) < 4.78 is 31.8. The molecule has 24 heavy (non-hydrogen) atoms. The van der Waals surface area contributed by atoms with Crippen LogP contribution in [0.15, 0.2) is 42.5 Å². The Labute approximate surface area is 138 Å². The molecule has 1 fully saturated rings. The number of hydrogen-bond acceptors (Lipinski definition) is 3. The monoisotopic (exact) mass is 333 g/mol. The molecule has 1 atom stereocenters. The highest BCUT2D eigenvalue weighted by atomic mass is 19.1. The topological polar surface area (TPSA) is 49.8 Å². The van der Waals surface area contributed by atoms with Crippen LogP contribution >= 0.6 is 0 Å². The molecule has 0 radical (unpaired) electrons. The van der Waals surface area contributed by atoms with Crippen molar-refractivity contribution in [3.8, 4) is 11.5 Å². The quantitative estimate of drug-likeness (QED) is 0.937. The summed E-state index contributed by atoms with van der Waals surface area (Å²) in [5.41, 5.74) is 0.469. The Hall–Kier alpha value is -2.47. The first kappa shape index (κ1) is 16.4. The van der Waals surface area contributed by atoms with E-state index in [4.69, 9.17) is 4.74 Å². The summed E-state index contributed by atoms with van der Waals surface area (Å²) in [7, 11) is 0. The SMILES string of the molecule is O=C(c1ccc(Oc2ccc(F)cc2F)cc1)N1CCCC(O)C1. The Kier molecular flexibility index (Phi) is 4.76. The fourth-order valence-corrected chi connectivity index (χ4v) is 2.67. The van der Waals surface area contributed by atoms with Gasteiger partial charge in [0, 0.05) is 24.7 Å². The molecular weight excluding hydrogens is 316 g/mol. The van der Waals surface area contributed by atoms with Crippen LogP contribution in [0, 0.1) is 11.6 Å². The van der Waals surface area contributed by atoms with Crippen LogP contribution < -0.4 is 4.74 Å². The molecule has 0 saturated carbocycles. The zero-order valence-electron chi connectivity index (χ0n) is 12.9. The lowest BCUT2D eigenvalue weighted by molar-refractivity contribution is 0.0473. The minimum absolute atomic E-state index is 0.0883. The first-order valence-corrected chi connectivity index (χ1v) is 7.73. The van der Waals surface area contributed by atoms with Crippen molar-refractivity contribution >= 4 is 5.91 Å². The van der Waals surface area contributed by atoms with Crippen LogP contribution in [0.25, 0.3) is 0 Å². The fraction of sp³-hybridized carbons (Fsp3) is 0.278. The van der Waals surface area contributed by atoms with Gasteiger partial charge in [0.05, 0.1) is 6.10 Å². The van der Waals surface area contributed by atoms with Crippen molar-refractivity contribution in [1.29, 1.82) is 0 Å². The highest BCUT2D eigenvalue weighted by Crippen LogP contribution is 2.25. The maximum absolute atomic E-state index is 13.6. The molecule has 1 N–H and O–H groups in total. The van der Waals surface area contributed by atoms with E-state index in [1.54, 1.807) is 29.2 Å². The van der Waals surface area contributed by atoms with Gasteiger partial charge in [-0.25, -0.2) is 8.78 Å². The molecule has 4 nitrogen and oxygen atoms in total. The van der Waals surface area contributed by atoms with Gasteiger partial charge in [-0.1, -0.05) is 0 Å². The predicted molar refractivity (Wildman–Crippen MR) is 84.0 cm³/mol. The summed E-state index contributed by atoms with van der Waals surface area (Å²) in [5, 5.41) is 9.65. The first-order valence-electron chi connectivity index (χ1n) is 7.73. The van der Waals surface area contributed by atoms with Crippen LogP contribution in [-0.4, -0.2) is 35.1 Å². The lowest BCUT2D eigenvalue weighted by Gasteiger charge is -2.30. The number of amides is 1. The van der Waals surface area contributed by atoms with E-state index in [0.29, 0.717) is 30.8 Å². The van der Waals surface area contributed by atoms with Crippen molar-refractivity contribution in [2.24, 2.45) is 0 Å². The standard InChI is InChI=1S/C18H17F2NO3/c19-13-5-8-17(16(20)10-13)24-15-6-3-12(4-7-15)18(23)21-9-1-2-14(22)11-21/h3-8,10,14,22H,1-2,9,11H2. The Bertz CT molecular complexity index is 734. The molecule has 1 saturated heterocycles. The third-order valence-corrected chi connectivity index (χ3v) is 3.91. The average molecular weight is 333 g/mol. The largest absolute Gasteiger partial charge is 0.454 e. The summed E-state index contributed by atoms with van der Waals surface area (Å²) in [6.07, 6.45) is 1.00. The molecule has 1 aliphatic rings. The molecule has 0 spiro atoms. The molecule has 0 aromatic heterocycles. The Balaban J connectivity index is 1.69. The summed E-state index contributed by atoms with van der Waals surface area (Å²) in [6.45, 7) is 0.951. The molecule has 1 amide bonds. The van der Waals surface area contributed by atoms with Crippen LogP contribution in [0.2, 0.25) is 0 Å². The van der Waals surface area contributed by atoms with Crippen molar-refractivity contribution in [2.75, 3.05) is 13.1 Å². The number of ether oxygens (including phenoxy) is 1. The van der Waals surface area contributed by atoms with Gasteiger partial charge in [0.2, 0.25) is 0 Å². The number of piperidine rings is 1. The zero-order chi connectivity index (χ0) is 17.1. The van der Waals surface area contributed by atoms with Gasteiger partial charge in [0.15, 0.2) is 11.6 Å². The van der Waals surface area contributed by atoms with Gasteiger partial charge in [-0.2, -0.15) is 0 Å². The van der Waals surface area contributed by atoms with Crippen LogP contribution in [0.1, 0.15) is 23.2 Å². The van der Waals surface area contributed by atoms with Gasteiger partial charge < -0.3 is 14.7 Å². The van der Waals surface area contributed by atoms with Gasteiger partial charge in [-0.15, -0.1) is 0 Å². The fourth-order valence-electron chi connectivity index (χ4n) is 2.67. The Morgan fingerprint density at radius 3 is 2.58 bits per heavy atom. The third kappa shape index (κ3) is 3.71. The number of nitrogens with zero attached hydrogens (tertiary/aromatic N) is 1. The lowest BCUT2D eigenvalue weighted by atomic mass is 10.1. The number of halogens is 2. The van der Waals surface area contributed by atoms with E-state index >= 15 is 0 Å². The lowest BCUT2D eigenvalue weighted by Crippen LogP contribution is -2.42. The number of aliphatic hydroxyl groups is 1. The highest BCUT2D eigenvalue weighted by molar-refractivity contribution is 5.94. The zero-order valence-corrected chi connectivity index (χ0v) is 12.9. The van der Waals surface area contributed by atoms with E-state index in [-0.39, 0.29) is 11.7 Å². The van der Waals surface area contributed by atoms with Crippen molar-refractivity contribution in [1.82, 2.24) is 4.90 Å². The molecule has 1 heterocycles. The van der Waals surface area contributed by atoms with Gasteiger partial charge in [-0.05, 0) is 49.2 Å². The molecule has 0 bridgehead atoms. The van der Waals surface area contributed by atoms with Crippen LogP contribution in [0.4, 0.5) is 8.78 Å². The van der Waals surface area contributed by atoms with E-state index in [1.165, 1.54) is 6.07 Å². The summed E-state index contributed by atoms with van der Waals surface area (Å²) in [5.74, 6) is -1.37. The van der Waals surface area contributed by atoms with Crippen molar-refractivity contribution in [3.63, 3.8) is 0 Å². The molecule has 126 valence electrons. The number of hydrogen-bond donors (Lipinski definition) is 1. The predicted octanol–water partition coefficient (Wildman–Crippen LogP) is 3.35. The second-order valence-electron chi connectivity index (χ2n) is 5.75. The van der Waals surface area contributed by atoms with Crippen LogP contribution in [-0.2, 0) is 0 Å². The number of carbonyl (C=O) groups excluding carboxylic acids is 1. The number of benzene rings is 2. The normalized spacial score (nSPS) is 17.6. The van der Waals surface area contributed by atoms with Crippen LogP contribution in [0.3, 0.4) is 0 Å². The smallest absolute Gasteiger partial charge is 0.253 e. The minimum atomic E-state index is -0.794. The Morgan fingerprint density at radius 2 is 1.92 bits per heavy atom. The van der Waals surface area contributed by atoms with E-state index in [9.17, 15) is 18.7 Å². The van der Waals surface area contributed by atoms with E-state index in [2.05, 4.69) is 0 Å². The number of rotatable bonds is 3. The molecule has 0 aliphatic carbocycles. The molecule has 3 rings (SSSR count). The second kappa shape index (κ2) is 6.97. The van der Waals surface area contributed by atoms with Gasteiger partial charge in [0.1, 0.15) is 11.6 Å². The van der Waals surface area contributed by atoms with E-state index in [0.717, 1.165) is 18.6 Å². The van der Waals surface area contributed by atoms with Crippen LogP contribution in [0.5, 0.6) is 11.5 Å². The average Bonchev–Trinajstić information content (AvgIpc) is 2.57. The number of carbonyl (C=O) groups is 1. The summed E-state index contributed by atoms with van der Waals surface area (Å²) >= 11 is 0. The molecule has 2 aromatic rings. The number of β-amino-alcohol motifs (C(OH)–C–C–N with tert-alkyl or cyclic N) is 1. The Morgan fingerprint density at radius 1 is 1.17 bits per heavy atom. The number of likely N-dealkylation sites (tertiary alicyclic amines) is 1. The molecule has 6 heteroatoms.